The van der Waals surface area contributed by atoms with Crippen molar-refractivity contribution >= 4 is 91.7 Å². The molecule has 42 heavy (non-hydrogen) atoms. The molecule has 8 aromatic carbocycles. The molecule has 0 aliphatic rings. The van der Waals surface area contributed by atoms with Gasteiger partial charge in [-0.25, -0.2) is 0 Å². The van der Waals surface area contributed by atoms with Gasteiger partial charge in [0.15, 0.2) is 0 Å². The molecule has 1 nitrogen and oxygen atoms in total. The summed E-state index contributed by atoms with van der Waals surface area (Å²) in [6, 6.07) is 55.5. The quantitative estimate of drug-likeness (QED) is 0.197. The van der Waals surface area contributed by atoms with Crippen LogP contribution in [0.25, 0.3) is 63.3 Å². The van der Waals surface area contributed by atoms with Gasteiger partial charge in [-0.05, 0) is 62.6 Å². The minimum absolute atomic E-state index is 1.15. The van der Waals surface area contributed by atoms with Crippen LogP contribution >= 0.6 is 11.3 Å². The first-order chi connectivity index (χ1) is 20.8. The topological polar surface area (TPSA) is 3.24 Å². The Morgan fingerprint density at radius 3 is 1.81 bits per heavy atom. The van der Waals surface area contributed by atoms with E-state index in [1.807, 2.05) is 11.3 Å². The van der Waals surface area contributed by atoms with Crippen LogP contribution in [-0.2, 0) is 0 Å². The van der Waals surface area contributed by atoms with Gasteiger partial charge in [0, 0.05) is 36.6 Å². The fourth-order valence-corrected chi connectivity index (χ4v) is 7.94. The van der Waals surface area contributed by atoms with E-state index in [1.54, 1.807) is 0 Å². The molecule has 0 atom stereocenters. The van der Waals surface area contributed by atoms with E-state index in [-0.39, 0.29) is 0 Å². The molecule has 0 unspecified atom stereocenters. The number of para-hydroxylation sites is 1. The molecule has 0 aliphatic heterocycles. The average Bonchev–Trinajstić information content (AvgIpc) is 3.44. The number of thiophene rings is 1. The molecule has 0 bridgehead atoms. The minimum Gasteiger partial charge on any atom is -0.309 e. The van der Waals surface area contributed by atoms with Gasteiger partial charge in [-0.15, -0.1) is 11.3 Å². The first kappa shape index (κ1) is 23.5. The molecule has 0 radical (unpaired) electrons. The van der Waals surface area contributed by atoms with Crippen molar-refractivity contribution in [2.45, 2.75) is 0 Å². The summed E-state index contributed by atoms with van der Waals surface area (Å²) < 4.78 is 2.63. The summed E-state index contributed by atoms with van der Waals surface area (Å²) in [5.41, 5.74) is 3.53. The maximum Gasteiger partial charge on any atom is 0.0554 e. The smallest absolute Gasteiger partial charge is 0.0554 e. The summed E-state index contributed by atoms with van der Waals surface area (Å²) >= 11 is 1.88. The number of rotatable bonds is 3. The molecule has 0 fully saturated rings. The first-order valence-corrected chi connectivity index (χ1v) is 15.2. The lowest BCUT2D eigenvalue weighted by Gasteiger charge is -2.29. The SMILES string of the molecule is c1ccc(N(c2cc3sc4ccccc4c3c3ccccc23)c2cccc3ccc4ccc5ccccc5c4c23)cc1. The van der Waals surface area contributed by atoms with Gasteiger partial charge >= 0.3 is 0 Å². The van der Waals surface area contributed by atoms with Gasteiger partial charge in [0.1, 0.15) is 0 Å². The second kappa shape index (κ2) is 9.17. The fourth-order valence-electron chi connectivity index (χ4n) is 6.78. The Morgan fingerprint density at radius 2 is 0.976 bits per heavy atom. The summed E-state index contributed by atoms with van der Waals surface area (Å²) in [5.74, 6) is 0. The lowest BCUT2D eigenvalue weighted by Crippen LogP contribution is -2.11. The Kier molecular flexibility index (Phi) is 5.13. The Bertz CT molecular complexity index is 2470. The van der Waals surface area contributed by atoms with Crippen molar-refractivity contribution in [1.29, 1.82) is 0 Å². The van der Waals surface area contributed by atoms with Crippen LogP contribution in [0.1, 0.15) is 0 Å². The van der Waals surface area contributed by atoms with Crippen molar-refractivity contribution < 1.29 is 0 Å². The van der Waals surface area contributed by atoms with Crippen LogP contribution in [0.2, 0.25) is 0 Å². The summed E-state index contributed by atoms with van der Waals surface area (Å²) in [7, 11) is 0. The molecule has 1 aromatic heterocycles. The van der Waals surface area contributed by atoms with Crippen LogP contribution in [0.3, 0.4) is 0 Å². The lowest BCUT2D eigenvalue weighted by molar-refractivity contribution is 1.32. The average molecular weight is 552 g/mol. The predicted molar refractivity (Wildman–Crippen MR) is 184 cm³/mol. The number of anilines is 3. The highest BCUT2D eigenvalue weighted by molar-refractivity contribution is 7.26. The van der Waals surface area contributed by atoms with Crippen LogP contribution in [0, 0.1) is 0 Å². The zero-order chi connectivity index (χ0) is 27.6. The maximum absolute atomic E-state index is 2.48. The molecule has 0 spiro atoms. The van der Waals surface area contributed by atoms with Gasteiger partial charge in [0.2, 0.25) is 0 Å². The van der Waals surface area contributed by atoms with Crippen LogP contribution in [0.15, 0.2) is 152 Å². The summed E-state index contributed by atoms with van der Waals surface area (Å²) in [4.78, 5) is 2.48. The highest BCUT2D eigenvalue weighted by atomic mass is 32.1. The Balaban J connectivity index is 1.46. The zero-order valence-electron chi connectivity index (χ0n) is 22.8. The fraction of sp³-hybridized carbons (Fsp3) is 0. The van der Waals surface area contributed by atoms with E-state index in [0.717, 1.165) is 5.69 Å². The number of nitrogens with zero attached hydrogens (tertiary/aromatic N) is 1. The van der Waals surface area contributed by atoms with Gasteiger partial charge < -0.3 is 4.90 Å². The molecule has 0 N–H and O–H groups in total. The Morgan fingerprint density at radius 1 is 0.357 bits per heavy atom. The monoisotopic (exact) mass is 551 g/mol. The lowest BCUT2D eigenvalue weighted by atomic mass is 9.94. The van der Waals surface area contributed by atoms with Crippen molar-refractivity contribution in [3.05, 3.63) is 152 Å². The highest BCUT2D eigenvalue weighted by Gasteiger charge is 2.22. The van der Waals surface area contributed by atoms with Crippen molar-refractivity contribution in [2.24, 2.45) is 0 Å². The third-order valence-electron chi connectivity index (χ3n) is 8.59. The van der Waals surface area contributed by atoms with E-state index < -0.39 is 0 Å². The van der Waals surface area contributed by atoms with E-state index in [0.29, 0.717) is 0 Å². The standard InChI is InChI=1S/C40H25NS/c1-2-13-29(14-3-1)41(35-25-37-40(32-17-7-6-16-31(32)35)33-18-8-9-20-36(33)42-37)34-19-10-12-27-23-24-28-22-21-26-11-4-5-15-30(26)38(28)39(27)34/h1-25H. The van der Waals surface area contributed by atoms with E-state index in [9.17, 15) is 0 Å². The van der Waals surface area contributed by atoms with E-state index in [2.05, 4.69) is 157 Å². The molecule has 1 heterocycles. The molecular weight excluding hydrogens is 527 g/mol. The molecule has 0 saturated heterocycles. The van der Waals surface area contributed by atoms with Gasteiger partial charge in [-0.3, -0.25) is 0 Å². The normalized spacial score (nSPS) is 11.8. The summed E-state index contributed by atoms with van der Waals surface area (Å²) in [5, 5.41) is 12.8. The van der Waals surface area contributed by atoms with Crippen LogP contribution in [-0.4, -0.2) is 0 Å². The minimum atomic E-state index is 1.15. The van der Waals surface area contributed by atoms with Crippen LogP contribution in [0.4, 0.5) is 17.1 Å². The Hall–Kier alpha value is -5.18. The van der Waals surface area contributed by atoms with Gasteiger partial charge in [0.25, 0.3) is 0 Å². The highest BCUT2D eigenvalue weighted by Crippen LogP contribution is 2.48. The largest absolute Gasteiger partial charge is 0.309 e. The van der Waals surface area contributed by atoms with Crippen molar-refractivity contribution in [2.75, 3.05) is 4.90 Å². The maximum atomic E-state index is 2.48. The van der Waals surface area contributed by atoms with Gasteiger partial charge in [0.05, 0.1) is 11.4 Å². The number of benzene rings is 8. The van der Waals surface area contributed by atoms with Crippen molar-refractivity contribution in [1.82, 2.24) is 0 Å². The third kappa shape index (κ3) is 3.43. The molecule has 9 rings (SSSR count). The van der Waals surface area contributed by atoms with Gasteiger partial charge in [-0.1, -0.05) is 121 Å². The third-order valence-corrected chi connectivity index (χ3v) is 9.71. The second-order valence-corrected chi connectivity index (χ2v) is 12.0. The summed E-state index contributed by atoms with van der Waals surface area (Å²) in [6.45, 7) is 0. The molecule has 0 aliphatic carbocycles. The zero-order valence-corrected chi connectivity index (χ0v) is 23.6. The molecule has 0 amide bonds. The van der Waals surface area contributed by atoms with Crippen LogP contribution < -0.4 is 4.90 Å². The molecule has 9 aromatic rings. The van der Waals surface area contributed by atoms with Crippen molar-refractivity contribution in [3.8, 4) is 0 Å². The first-order valence-electron chi connectivity index (χ1n) is 14.4. The van der Waals surface area contributed by atoms with Gasteiger partial charge in [-0.2, -0.15) is 0 Å². The number of hydrogen-bond donors (Lipinski definition) is 0. The van der Waals surface area contributed by atoms with Crippen LogP contribution in [0.5, 0.6) is 0 Å². The predicted octanol–water partition coefficient (Wildman–Crippen LogP) is 12.1. The molecule has 2 heteroatoms. The molecular formula is C40H25NS. The molecule has 0 saturated carbocycles. The molecule has 196 valence electrons. The van der Waals surface area contributed by atoms with E-state index in [1.165, 1.54) is 74.6 Å². The number of fused-ring (bicyclic) bond motifs is 10. The van der Waals surface area contributed by atoms with E-state index in [4.69, 9.17) is 0 Å². The summed E-state index contributed by atoms with van der Waals surface area (Å²) in [6.07, 6.45) is 0. The van der Waals surface area contributed by atoms with Crippen molar-refractivity contribution in [3.63, 3.8) is 0 Å². The van der Waals surface area contributed by atoms with E-state index >= 15 is 0 Å². The number of hydrogen-bond acceptors (Lipinski definition) is 2. The second-order valence-electron chi connectivity index (χ2n) is 10.9. The Labute approximate surface area is 247 Å².